The second-order valence-electron chi connectivity index (χ2n) is 4.62. The number of ether oxygens (including phenoxy) is 1. The highest BCUT2D eigenvalue weighted by Crippen LogP contribution is 2.01. The molecule has 3 heteroatoms. The van der Waals surface area contributed by atoms with Crippen LogP contribution in [0.1, 0.15) is 33.6 Å². The lowest BCUT2D eigenvalue weighted by Gasteiger charge is -2.28. The topological polar surface area (TPSA) is 24.5 Å². The van der Waals surface area contributed by atoms with Gasteiger partial charge in [0.1, 0.15) is 0 Å². The third kappa shape index (κ3) is 5.50. The maximum Gasteiger partial charge on any atom is 0.0594 e. The number of morpholine rings is 1. The minimum Gasteiger partial charge on any atom is -0.379 e. The summed E-state index contributed by atoms with van der Waals surface area (Å²) in [4.78, 5) is 2.50. The van der Waals surface area contributed by atoms with Gasteiger partial charge in [0.05, 0.1) is 13.2 Å². The van der Waals surface area contributed by atoms with Gasteiger partial charge in [0.15, 0.2) is 0 Å². The Bertz CT molecular complexity index is 158. The van der Waals surface area contributed by atoms with E-state index in [9.17, 15) is 0 Å². The van der Waals surface area contributed by atoms with Gasteiger partial charge in [-0.25, -0.2) is 0 Å². The molecule has 1 aliphatic rings. The average Bonchev–Trinajstić information content (AvgIpc) is 2.27. The summed E-state index contributed by atoms with van der Waals surface area (Å²) < 4.78 is 5.33. The number of nitrogens with one attached hydrogen (secondary N) is 1. The molecular weight excluding hydrogens is 188 g/mol. The number of nitrogens with zero attached hydrogens (tertiary/aromatic N) is 1. The lowest BCUT2D eigenvalue weighted by Crippen LogP contribution is -2.41. The molecular formula is C12H26N2O. The predicted molar refractivity (Wildman–Crippen MR) is 64.2 cm³/mol. The van der Waals surface area contributed by atoms with Gasteiger partial charge in [0, 0.05) is 25.2 Å². The maximum absolute atomic E-state index is 5.33. The molecule has 1 aliphatic heterocycles. The van der Waals surface area contributed by atoms with Crippen molar-refractivity contribution in [3.05, 3.63) is 0 Å². The molecule has 0 aromatic rings. The molecule has 90 valence electrons. The number of hydrogen-bond acceptors (Lipinski definition) is 3. The third-order valence-electron chi connectivity index (χ3n) is 3.16. The smallest absolute Gasteiger partial charge is 0.0594 e. The molecule has 0 spiro atoms. The first kappa shape index (κ1) is 12.9. The normalized spacial score (nSPS) is 22.6. The minimum atomic E-state index is 0.628. The van der Waals surface area contributed by atoms with Crippen LogP contribution in [0.3, 0.4) is 0 Å². The molecule has 2 atom stereocenters. The first-order valence-electron chi connectivity index (χ1n) is 6.28. The van der Waals surface area contributed by atoms with Crippen molar-refractivity contribution < 1.29 is 4.74 Å². The Morgan fingerprint density at radius 3 is 2.47 bits per heavy atom. The van der Waals surface area contributed by atoms with Crippen LogP contribution in [0.25, 0.3) is 0 Å². The van der Waals surface area contributed by atoms with E-state index in [1.807, 2.05) is 0 Å². The van der Waals surface area contributed by atoms with Crippen molar-refractivity contribution in [1.29, 1.82) is 0 Å². The summed E-state index contributed by atoms with van der Waals surface area (Å²) in [5, 5.41) is 3.61. The van der Waals surface area contributed by atoms with E-state index in [0.717, 1.165) is 26.3 Å². The fraction of sp³-hybridized carbons (Fsp3) is 1.00. The monoisotopic (exact) mass is 214 g/mol. The van der Waals surface area contributed by atoms with Gasteiger partial charge in [-0.1, -0.05) is 6.92 Å². The Kier molecular flexibility index (Phi) is 6.22. The van der Waals surface area contributed by atoms with E-state index in [4.69, 9.17) is 4.74 Å². The fourth-order valence-electron chi connectivity index (χ4n) is 1.89. The summed E-state index contributed by atoms with van der Waals surface area (Å²) in [6.07, 6.45) is 2.45. The summed E-state index contributed by atoms with van der Waals surface area (Å²) in [5.74, 6) is 0. The van der Waals surface area contributed by atoms with Gasteiger partial charge >= 0.3 is 0 Å². The molecule has 3 nitrogen and oxygen atoms in total. The first-order valence-corrected chi connectivity index (χ1v) is 6.28. The van der Waals surface area contributed by atoms with Crippen molar-refractivity contribution in [2.75, 3.05) is 32.8 Å². The molecule has 0 aliphatic carbocycles. The zero-order valence-corrected chi connectivity index (χ0v) is 10.5. The second kappa shape index (κ2) is 7.20. The Morgan fingerprint density at radius 1 is 1.20 bits per heavy atom. The van der Waals surface area contributed by atoms with Crippen molar-refractivity contribution in [3.8, 4) is 0 Å². The highest BCUT2D eigenvalue weighted by atomic mass is 16.5. The molecule has 0 aromatic carbocycles. The summed E-state index contributed by atoms with van der Waals surface area (Å²) in [5.41, 5.74) is 0. The third-order valence-corrected chi connectivity index (χ3v) is 3.16. The SMILES string of the molecule is CCC(C)NC(C)CCN1CCOCC1. The molecule has 1 N–H and O–H groups in total. The highest BCUT2D eigenvalue weighted by Gasteiger charge is 2.12. The molecule has 15 heavy (non-hydrogen) atoms. The van der Waals surface area contributed by atoms with E-state index in [1.165, 1.54) is 19.4 Å². The molecule has 0 amide bonds. The first-order chi connectivity index (χ1) is 7.22. The Hall–Kier alpha value is -0.120. The van der Waals surface area contributed by atoms with E-state index in [1.54, 1.807) is 0 Å². The van der Waals surface area contributed by atoms with Crippen molar-refractivity contribution in [1.82, 2.24) is 10.2 Å². The summed E-state index contributed by atoms with van der Waals surface area (Å²) in [6.45, 7) is 12.0. The van der Waals surface area contributed by atoms with E-state index >= 15 is 0 Å². The van der Waals surface area contributed by atoms with Gasteiger partial charge in [-0.3, -0.25) is 4.90 Å². The fourth-order valence-corrected chi connectivity index (χ4v) is 1.89. The van der Waals surface area contributed by atoms with Gasteiger partial charge in [-0.2, -0.15) is 0 Å². The van der Waals surface area contributed by atoms with E-state index < -0.39 is 0 Å². The number of hydrogen-bond donors (Lipinski definition) is 1. The molecule has 0 bridgehead atoms. The molecule has 0 saturated carbocycles. The zero-order chi connectivity index (χ0) is 11.1. The largest absolute Gasteiger partial charge is 0.379 e. The Labute approximate surface area is 94.2 Å². The van der Waals surface area contributed by atoms with Crippen molar-refractivity contribution in [2.24, 2.45) is 0 Å². The van der Waals surface area contributed by atoms with Crippen LogP contribution >= 0.6 is 0 Å². The summed E-state index contributed by atoms with van der Waals surface area (Å²) in [7, 11) is 0. The van der Waals surface area contributed by atoms with Crippen LogP contribution in [0.5, 0.6) is 0 Å². The van der Waals surface area contributed by atoms with Crippen molar-refractivity contribution >= 4 is 0 Å². The molecule has 2 unspecified atom stereocenters. The predicted octanol–water partition coefficient (Wildman–Crippen LogP) is 1.49. The van der Waals surface area contributed by atoms with Crippen LogP contribution in [0, 0.1) is 0 Å². The van der Waals surface area contributed by atoms with Crippen molar-refractivity contribution in [3.63, 3.8) is 0 Å². The van der Waals surface area contributed by atoms with Crippen LogP contribution in [0.15, 0.2) is 0 Å². The van der Waals surface area contributed by atoms with Crippen LogP contribution in [-0.2, 0) is 4.74 Å². The quantitative estimate of drug-likeness (QED) is 0.725. The van der Waals surface area contributed by atoms with Gasteiger partial charge in [-0.15, -0.1) is 0 Å². The van der Waals surface area contributed by atoms with Gasteiger partial charge < -0.3 is 10.1 Å². The van der Waals surface area contributed by atoms with Gasteiger partial charge in [-0.05, 0) is 33.2 Å². The van der Waals surface area contributed by atoms with E-state index in [0.29, 0.717) is 12.1 Å². The van der Waals surface area contributed by atoms with Crippen molar-refractivity contribution in [2.45, 2.75) is 45.7 Å². The minimum absolute atomic E-state index is 0.628. The second-order valence-corrected chi connectivity index (χ2v) is 4.62. The van der Waals surface area contributed by atoms with E-state index in [2.05, 4.69) is 31.0 Å². The molecule has 1 saturated heterocycles. The molecule has 1 fully saturated rings. The zero-order valence-electron chi connectivity index (χ0n) is 10.5. The molecule has 0 radical (unpaired) electrons. The number of rotatable bonds is 6. The molecule has 0 aromatic heterocycles. The van der Waals surface area contributed by atoms with Crippen LogP contribution in [-0.4, -0.2) is 49.8 Å². The lowest BCUT2D eigenvalue weighted by atomic mass is 10.1. The van der Waals surface area contributed by atoms with Gasteiger partial charge in [0.25, 0.3) is 0 Å². The standard InChI is InChI=1S/C12H26N2O/c1-4-11(2)13-12(3)5-6-14-7-9-15-10-8-14/h11-13H,4-10H2,1-3H3. The molecule has 1 heterocycles. The lowest BCUT2D eigenvalue weighted by molar-refractivity contribution is 0.0362. The average molecular weight is 214 g/mol. The Morgan fingerprint density at radius 2 is 1.87 bits per heavy atom. The Balaban J connectivity index is 2.07. The summed E-state index contributed by atoms with van der Waals surface area (Å²) in [6, 6.07) is 1.27. The maximum atomic E-state index is 5.33. The van der Waals surface area contributed by atoms with Crippen LogP contribution in [0.4, 0.5) is 0 Å². The van der Waals surface area contributed by atoms with E-state index in [-0.39, 0.29) is 0 Å². The highest BCUT2D eigenvalue weighted by molar-refractivity contribution is 4.69. The van der Waals surface area contributed by atoms with Crippen LogP contribution in [0.2, 0.25) is 0 Å². The molecule has 1 rings (SSSR count). The summed E-state index contributed by atoms with van der Waals surface area (Å²) >= 11 is 0. The van der Waals surface area contributed by atoms with Crippen LogP contribution < -0.4 is 5.32 Å². The van der Waals surface area contributed by atoms with Gasteiger partial charge in [0.2, 0.25) is 0 Å².